The maximum Gasteiger partial charge on any atom is 0.285 e. The fourth-order valence-electron chi connectivity index (χ4n) is 2.67. The Bertz CT molecular complexity index is 1230. The van der Waals surface area contributed by atoms with E-state index >= 15 is 0 Å². The molecule has 0 amide bonds. The van der Waals surface area contributed by atoms with Crippen LogP contribution in [0.5, 0.6) is 0 Å². The third kappa shape index (κ3) is 3.28. The van der Waals surface area contributed by atoms with Gasteiger partial charge in [-0.1, -0.05) is 12.1 Å². The van der Waals surface area contributed by atoms with Crippen molar-refractivity contribution < 1.29 is 17.8 Å². The third-order valence-corrected chi connectivity index (χ3v) is 5.32. The summed E-state index contributed by atoms with van der Waals surface area (Å²) in [5, 5.41) is 14.7. The fraction of sp³-hybridized carbons (Fsp3) is 0. The molecule has 28 heavy (non-hydrogen) atoms. The fourth-order valence-corrected chi connectivity index (χ4v) is 3.84. The van der Waals surface area contributed by atoms with Crippen molar-refractivity contribution in [2.45, 2.75) is 4.90 Å². The SMILES string of the molecule is O=[N+]([O-])c1ccc(-c2ccc(/C=N/NC3=NS(=O)(=O)c4ccccc43)o2)cc1. The lowest BCUT2D eigenvalue weighted by atomic mass is 10.1. The molecule has 0 unspecified atom stereocenters. The van der Waals surface area contributed by atoms with Crippen molar-refractivity contribution in [2.24, 2.45) is 9.50 Å². The van der Waals surface area contributed by atoms with Crippen molar-refractivity contribution in [3.63, 3.8) is 0 Å². The molecule has 0 aliphatic carbocycles. The van der Waals surface area contributed by atoms with Crippen LogP contribution in [0.4, 0.5) is 5.69 Å². The van der Waals surface area contributed by atoms with Gasteiger partial charge in [0.05, 0.1) is 11.1 Å². The number of rotatable bonds is 4. The lowest BCUT2D eigenvalue weighted by Gasteiger charge is -1.99. The van der Waals surface area contributed by atoms with Crippen molar-refractivity contribution >= 4 is 27.8 Å². The number of nitrogens with zero attached hydrogens (tertiary/aromatic N) is 3. The van der Waals surface area contributed by atoms with Gasteiger partial charge in [-0.25, -0.2) is 0 Å². The predicted octanol–water partition coefficient (Wildman–Crippen LogP) is 2.93. The Kier molecular flexibility index (Phi) is 4.24. The number of amidine groups is 1. The average Bonchev–Trinajstić information content (AvgIpc) is 3.25. The largest absolute Gasteiger partial charge is 0.455 e. The summed E-state index contributed by atoms with van der Waals surface area (Å²) in [5.41, 5.74) is 3.74. The highest BCUT2D eigenvalue weighted by Crippen LogP contribution is 2.25. The van der Waals surface area contributed by atoms with Gasteiger partial charge in [0.2, 0.25) is 0 Å². The average molecular weight is 396 g/mol. The highest BCUT2D eigenvalue weighted by atomic mass is 32.2. The molecule has 0 bridgehead atoms. The maximum atomic E-state index is 12.0. The Morgan fingerprint density at radius 1 is 1.07 bits per heavy atom. The highest BCUT2D eigenvalue weighted by molar-refractivity contribution is 7.90. The molecule has 10 heteroatoms. The van der Waals surface area contributed by atoms with E-state index in [-0.39, 0.29) is 16.4 Å². The van der Waals surface area contributed by atoms with Gasteiger partial charge >= 0.3 is 0 Å². The zero-order valence-corrected chi connectivity index (χ0v) is 15.0. The van der Waals surface area contributed by atoms with Crippen LogP contribution in [-0.2, 0) is 10.0 Å². The molecule has 1 aromatic heterocycles. The second kappa shape index (κ2) is 6.74. The summed E-state index contributed by atoms with van der Waals surface area (Å²) >= 11 is 0. The van der Waals surface area contributed by atoms with Gasteiger partial charge in [0, 0.05) is 23.3 Å². The number of hydrogen-bond donors (Lipinski definition) is 1. The second-order valence-electron chi connectivity index (χ2n) is 5.79. The molecule has 3 aromatic rings. The molecule has 1 N–H and O–H groups in total. The van der Waals surface area contributed by atoms with E-state index in [2.05, 4.69) is 14.9 Å². The van der Waals surface area contributed by atoms with Crippen molar-refractivity contribution in [2.75, 3.05) is 0 Å². The normalized spacial score (nSPS) is 14.6. The number of benzene rings is 2. The molecular weight excluding hydrogens is 384 g/mol. The number of non-ortho nitro benzene ring substituents is 1. The van der Waals surface area contributed by atoms with Crippen LogP contribution >= 0.6 is 0 Å². The van der Waals surface area contributed by atoms with E-state index in [1.54, 1.807) is 42.5 Å². The first kappa shape index (κ1) is 17.6. The molecule has 1 aliphatic rings. The topological polar surface area (TPSA) is 127 Å². The van der Waals surface area contributed by atoms with E-state index in [0.717, 1.165) is 0 Å². The standard InChI is InChI=1S/C18H12N4O5S/c23-22(24)13-7-5-12(6-8-13)16-10-9-14(27-16)11-19-20-18-15-3-1-2-4-17(15)28(25,26)21-18/h1-11H,(H,20,21)/b19-11+. The number of furan rings is 1. The number of hydrogen-bond acceptors (Lipinski definition) is 7. The van der Waals surface area contributed by atoms with E-state index < -0.39 is 14.9 Å². The van der Waals surface area contributed by atoms with E-state index in [1.807, 2.05) is 0 Å². The molecule has 2 heterocycles. The van der Waals surface area contributed by atoms with Gasteiger partial charge in [-0.05, 0) is 36.4 Å². The van der Waals surface area contributed by atoms with Crippen LogP contribution in [0.3, 0.4) is 0 Å². The van der Waals surface area contributed by atoms with E-state index in [1.165, 1.54) is 24.4 Å². The first-order chi connectivity index (χ1) is 13.4. The molecule has 0 saturated heterocycles. The Balaban J connectivity index is 1.49. The molecule has 2 aromatic carbocycles. The van der Waals surface area contributed by atoms with Crippen LogP contribution in [0.2, 0.25) is 0 Å². The Morgan fingerprint density at radius 3 is 2.57 bits per heavy atom. The Morgan fingerprint density at radius 2 is 1.82 bits per heavy atom. The van der Waals surface area contributed by atoms with Crippen LogP contribution in [0, 0.1) is 10.1 Å². The molecule has 0 radical (unpaired) electrons. The van der Waals surface area contributed by atoms with Crippen LogP contribution in [0.25, 0.3) is 11.3 Å². The van der Waals surface area contributed by atoms with Gasteiger partial charge < -0.3 is 4.42 Å². The summed E-state index contributed by atoms with van der Waals surface area (Å²) in [5.74, 6) is 1.06. The molecule has 0 fully saturated rings. The summed E-state index contributed by atoms with van der Waals surface area (Å²) < 4.78 is 33.3. The molecule has 1 aliphatic heterocycles. The number of nitro groups is 1. The minimum atomic E-state index is -3.71. The van der Waals surface area contributed by atoms with E-state index in [4.69, 9.17) is 4.42 Å². The quantitative estimate of drug-likeness (QED) is 0.410. The summed E-state index contributed by atoms with van der Waals surface area (Å²) in [6.07, 6.45) is 1.38. The second-order valence-corrected chi connectivity index (χ2v) is 7.36. The number of sulfonamides is 1. The van der Waals surface area contributed by atoms with Gasteiger partial charge in [-0.3, -0.25) is 15.5 Å². The van der Waals surface area contributed by atoms with Gasteiger partial charge in [0.15, 0.2) is 5.84 Å². The molecule has 140 valence electrons. The number of nitro benzene ring substituents is 1. The molecule has 0 spiro atoms. The number of nitrogens with one attached hydrogen (secondary N) is 1. The molecule has 4 rings (SSSR count). The first-order valence-electron chi connectivity index (χ1n) is 8.02. The summed E-state index contributed by atoms with van der Waals surface area (Å²) in [6, 6.07) is 15.8. The van der Waals surface area contributed by atoms with E-state index in [0.29, 0.717) is 22.6 Å². The lowest BCUT2D eigenvalue weighted by Crippen LogP contribution is -2.17. The molecule has 0 saturated carbocycles. The smallest absolute Gasteiger partial charge is 0.285 e. The summed E-state index contributed by atoms with van der Waals surface area (Å²) in [6.45, 7) is 0. The summed E-state index contributed by atoms with van der Waals surface area (Å²) in [7, 11) is -3.71. The Labute approximate surface area is 159 Å². The minimum Gasteiger partial charge on any atom is -0.455 e. The van der Waals surface area contributed by atoms with Crippen LogP contribution in [0.15, 0.2) is 79.5 Å². The summed E-state index contributed by atoms with van der Waals surface area (Å²) in [4.78, 5) is 10.4. The molecular formula is C18H12N4O5S. The van der Waals surface area contributed by atoms with Gasteiger partial charge in [-0.2, -0.15) is 13.5 Å². The van der Waals surface area contributed by atoms with Gasteiger partial charge in [0.25, 0.3) is 15.7 Å². The van der Waals surface area contributed by atoms with Gasteiger partial charge in [-0.15, -0.1) is 4.40 Å². The van der Waals surface area contributed by atoms with Crippen molar-refractivity contribution in [1.82, 2.24) is 5.43 Å². The third-order valence-electron chi connectivity index (χ3n) is 3.98. The van der Waals surface area contributed by atoms with Crippen molar-refractivity contribution in [1.29, 1.82) is 0 Å². The molecule has 0 atom stereocenters. The predicted molar refractivity (Wildman–Crippen MR) is 102 cm³/mol. The number of hydrazone groups is 1. The number of fused-ring (bicyclic) bond motifs is 1. The minimum absolute atomic E-state index is 0.00568. The zero-order valence-electron chi connectivity index (χ0n) is 14.1. The molecule has 9 nitrogen and oxygen atoms in total. The highest BCUT2D eigenvalue weighted by Gasteiger charge is 2.28. The van der Waals surface area contributed by atoms with Crippen LogP contribution < -0.4 is 5.43 Å². The Hall–Kier alpha value is -3.79. The first-order valence-corrected chi connectivity index (χ1v) is 9.46. The monoisotopic (exact) mass is 396 g/mol. The lowest BCUT2D eigenvalue weighted by molar-refractivity contribution is -0.384. The van der Waals surface area contributed by atoms with Crippen LogP contribution in [0.1, 0.15) is 11.3 Å². The van der Waals surface area contributed by atoms with E-state index in [9.17, 15) is 18.5 Å². The maximum absolute atomic E-state index is 12.0. The van der Waals surface area contributed by atoms with Crippen molar-refractivity contribution in [3.05, 3.63) is 82.1 Å². The van der Waals surface area contributed by atoms with Crippen molar-refractivity contribution in [3.8, 4) is 11.3 Å². The van der Waals surface area contributed by atoms with Crippen LogP contribution in [-0.4, -0.2) is 25.4 Å². The van der Waals surface area contributed by atoms with Gasteiger partial charge in [0.1, 0.15) is 16.4 Å². The zero-order chi connectivity index (χ0) is 19.7.